The van der Waals surface area contributed by atoms with E-state index in [4.69, 9.17) is 0 Å². The number of halogens is 2. The van der Waals surface area contributed by atoms with Crippen LogP contribution in [0.5, 0.6) is 0 Å². The van der Waals surface area contributed by atoms with Gasteiger partial charge >= 0.3 is 0 Å². The lowest BCUT2D eigenvalue weighted by Crippen LogP contribution is -2.34. The maximum atomic E-state index is 13.8. The molecular weight excluding hydrogens is 337 g/mol. The Morgan fingerprint density at radius 2 is 2.05 bits per heavy atom. The number of benzene rings is 2. The van der Waals surface area contributed by atoms with E-state index < -0.39 is 23.9 Å². The monoisotopic (exact) mass is 349 g/mol. The number of aliphatic hydroxyl groups is 1. The molecule has 0 heterocycles. The van der Waals surface area contributed by atoms with E-state index in [1.807, 2.05) is 24.3 Å². The van der Waals surface area contributed by atoms with Crippen molar-refractivity contribution in [3.63, 3.8) is 0 Å². The van der Waals surface area contributed by atoms with E-state index >= 15 is 0 Å². The maximum absolute atomic E-state index is 13.8. The fourth-order valence-corrected chi connectivity index (χ4v) is 2.97. The highest BCUT2D eigenvalue weighted by atomic mass is 79.9. The first-order valence-corrected chi connectivity index (χ1v) is 7.37. The van der Waals surface area contributed by atoms with Gasteiger partial charge in [-0.05, 0) is 29.3 Å². The molecule has 2 N–H and O–H groups in total. The number of nitrogens with one attached hydrogen (secondary N) is 1. The molecule has 0 fully saturated rings. The number of hydrogen-bond acceptors (Lipinski definition) is 2. The summed E-state index contributed by atoms with van der Waals surface area (Å²) in [6.45, 7) is 0. The van der Waals surface area contributed by atoms with Crippen molar-refractivity contribution in [2.75, 3.05) is 0 Å². The lowest BCUT2D eigenvalue weighted by molar-refractivity contribution is 0.0854. The highest BCUT2D eigenvalue weighted by Gasteiger charge is 2.32. The van der Waals surface area contributed by atoms with E-state index in [1.165, 1.54) is 12.1 Å². The van der Waals surface area contributed by atoms with Gasteiger partial charge in [0.1, 0.15) is 5.82 Å². The van der Waals surface area contributed by atoms with Gasteiger partial charge in [-0.1, -0.05) is 40.2 Å². The molecule has 0 saturated carbocycles. The molecule has 0 radical (unpaired) electrons. The van der Waals surface area contributed by atoms with Crippen molar-refractivity contribution in [1.29, 1.82) is 0 Å². The van der Waals surface area contributed by atoms with Crippen molar-refractivity contribution in [2.24, 2.45) is 0 Å². The number of hydrogen-bond donors (Lipinski definition) is 2. The zero-order valence-electron chi connectivity index (χ0n) is 11.0. The molecule has 0 aromatic heterocycles. The summed E-state index contributed by atoms with van der Waals surface area (Å²) in [7, 11) is 0. The van der Waals surface area contributed by atoms with Gasteiger partial charge < -0.3 is 10.4 Å². The summed E-state index contributed by atoms with van der Waals surface area (Å²) in [5.41, 5.74) is 1.86. The summed E-state index contributed by atoms with van der Waals surface area (Å²) >= 11 is 3.15. The van der Waals surface area contributed by atoms with Gasteiger partial charge in [-0.2, -0.15) is 0 Å². The Bertz CT molecular complexity index is 704. The zero-order valence-corrected chi connectivity index (χ0v) is 12.6. The molecule has 0 unspecified atom stereocenters. The van der Waals surface area contributed by atoms with Crippen molar-refractivity contribution in [2.45, 2.75) is 18.6 Å². The summed E-state index contributed by atoms with van der Waals surface area (Å²) in [6.07, 6.45) is -0.200. The van der Waals surface area contributed by atoms with Gasteiger partial charge in [0.25, 0.3) is 5.91 Å². The Hall–Kier alpha value is -1.72. The molecule has 3 rings (SSSR count). The van der Waals surface area contributed by atoms with E-state index in [2.05, 4.69) is 21.2 Å². The summed E-state index contributed by atoms with van der Waals surface area (Å²) in [5, 5.41) is 12.8. The number of carbonyl (C=O) groups is 1. The molecule has 3 nitrogen and oxygen atoms in total. The second-order valence-electron chi connectivity index (χ2n) is 5.05. The normalized spacial score (nSPS) is 20.1. The van der Waals surface area contributed by atoms with Crippen LogP contribution in [0.25, 0.3) is 0 Å². The number of aliphatic hydroxyl groups excluding tert-OH is 1. The van der Waals surface area contributed by atoms with Gasteiger partial charge in [0, 0.05) is 10.9 Å². The van der Waals surface area contributed by atoms with E-state index in [0.717, 1.165) is 11.1 Å². The third kappa shape index (κ3) is 2.71. The van der Waals surface area contributed by atoms with Crippen LogP contribution in [0.4, 0.5) is 4.39 Å². The van der Waals surface area contributed by atoms with E-state index in [-0.39, 0.29) is 5.56 Å². The highest BCUT2D eigenvalue weighted by Crippen LogP contribution is 2.31. The molecule has 0 aliphatic heterocycles. The van der Waals surface area contributed by atoms with Crippen molar-refractivity contribution < 1.29 is 14.3 Å². The summed E-state index contributed by atoms with van der Waals surface area (Å²) < 4.78 is 14.4. The van der Waals surface area contributed by atoms with Gasteiger partial charge in [0.05, 0.1) is 17.7 Å². The molecule has 2 atom stereocenters. The summed E-state index contributed by atoms with van der Waals surface area (Å²) in [4.78, 5) is 12.2. The highest BCUT2D eigenvalue weighted by molar-refractivity contribution is 9.10. The third-order valence-electron chi connectivity index (χ3n) is 3.67. The quantitative estimate of drug-likeness (QED) is 0.875. The molecule has 1 aliphatic carbocycles. The average molecular weight is 350 g/mol. The van der Waals surface area contributed by atoms with Crippen LogP contribution in [0.2, 0.25) is 0 Å². The number of rotatable bonds is 2. The van der Waals surface area contributed by atoms with Gasteiger partial charge in [0.2, 0.25) is 0 Å². The smallest absolute Gasteiger partial charge is 0.254 e. The number of fused-ring (bicyclic) bond motifs is 1. The molecule has 5 heteroatoms. The first-order chi connectivity index (χ1) is 10.1. The van der Waals surface area contributed by atoms with Crippen LogP contribution in [-0.4, -0.2) is 17.1 Å². The van der Waals surface area contributed by atoms with Crippen LogP contribution >= 0.6 is 15.9 Å². The molecular formula is C16H13BrFNO2. The Morgan fingerprint density at radius 1 is 1.29 bits per heavy atom. The van der Waals surface area contributed by atoms with Crippen LogP contribution in [0.3, 0.4) is 0 Å². The molecule has 2 aromatic carbocycles. The Labute approximate surface area is 129 Å². The first-order valence-electron chi connectivity index (χ1n) is 6.58. The van der Waals surface area contributed by atoms with Crippen molar-refractivity contribution in [1.82, 2.24) is 5.32 Å². The topological polar surface area (TPSA) is 49.3 Å². The molecule has 2 aromatic rings. The summed E-state index contributed by atoms with van der Waals surface area (Å²) in [6, 6.07) is 11.3. The number of amides is 1. The lowest BCUT2D eigenvalue weighted by atomic mass is 10.1. The second-order valence-corrected chi connectivity index (χ2v) is 5.96. The third-order valence-corrected chi connectivity index (χ3v) is 4.16. The molecule has 0 saturated heterocycles. The van der Waals surface area contributed by atoms with E-state index in [9.17, 15) is 14.3 Å². The first kappa shape index (κ1) is 14.2. The Kier molecular flexibility index (Phi) is 3.78. The zero-order chi connectivity index (χ0) is 15.0. The van der Waals surface area contributed by atoms with Gasteiger partial charge in [-0.25, -0.2) is 4.39 Å². The van der Waals surface area contributed by atoms with Gasteiger partial charge in [-0.15, -0.1) is 0 Å². The van der Waals surface area contributed by atoms with Crippen LogP contribution in [0.15, 0.2) is 46.9 Å². The SMILES string of the molecule is O=C(N[C@H]1c2ccccc2C[C@H]1O)c1ccc(Br)cc1F. The predicted octanol–water partition coefficient (Wildman–Crippen LogP) is 2.98. The standard InChI is InChI=1S/C16H13BrFNO2/c17-10-5-6-12(13(18)8-10)16(21)19-15-11-4-2-1-3-9(11)7-14(15)20/h1-6,8,14-15,20H,7H2,(H,19,21)/t14-,15+/m1/s1. The molecule has 1 aliphatic rings. The van der Waals surface area contributed by atoms with Crippen LogP contribution in [0, 0.1) is 5.82 Å². The molecule has 0 bridgehead atoms. The minimum atomic E-state index is -0.690. The second kappa shape index (κ2) is 5.58. The molecule has 1 amide bonds. The van der Waals surface area contributed by atoms with E-state index in [0.29, 0.717) is 10.9 Å². The van der Waals surface area contributed by atoms with Crippen molar-refractivity contribution >= 4 is 21.8 Å². The largest absolute Gasteiger partial charge is 0.390 e. The predicted molar refractivity (Wildman–Crippen MR) is 80.5 cm³/mol. The minimum Gasteiger partial charge on any atom is -0.390 e. The Morgan fingerprint density at radius 3 is 2.81 bits per heavy atom. The Balaban J connectivity index is 1.85. The fraction of sp³-hybridized carbons (Fsp3) is 0.188. The molecule has 21 heavy (non-hydrogen) atoms. The fourth-order valence-electron chi connectivity index (χ4n) is 2.64. The van der Waals surface area contributed by atoms with Gasteiger partial charge in [-0.3, -0.25) is 4.79 Å². The van der Waals surface area contributed by atoms with E-state index in [1.54, 1.807) is 6.07 Å². The molecule has 108 valence electrons. The lowest BCUT2D eigenvalue weighted by Gasteiger charge is -2.18. The average Bonchev–Trinajstić information content (AvgIpc) is 2.75. The minimum absolute atomic E-state index is 0.0326. The van der Waals surface area contributed by atoms with Crippen molar-refractivity contribution in [3.05, 3.63) is 69.4 Å². The molecule has 0 spiro atoms. The van der Waals surface area contributed by atoms with Crippen molar-refractivity contribution in [3.8, 4) is 0 Å². The number of carbonyl (C=O) groups excluding carboxylic acids is 1. The van der Waals surface area contributed by atoms with Crippen LogP contribution in [0.1, 0.15) is 27.5 Å². The summed E-state index contributed by atoms with van der Waals surface area (Å²) in [5.74, 6) is -1.12. The van der Waals surface area contributed by atoms with Gasteiger partial charge in [0.15, 0.2) is 0 Å². The van der Waals surface area contributed by atoms with Crippen LogP contribution < -0.4 is 5.32 Å². The maximum Gasteiger partial charge on any atom is 0.254 e. The van der Waals surface area contributed by atoms with Crippen LogP contribution in [-0.2, 0) is 6.42 Å².